The molecule has 0 aromatic carbocycles. The van der Waals surface area contributed by atoms with Crippen LogP contribution >= 0.6 is 0 Å². The van der Waals surface area contributed by atoms with E-state index in [9.17, 15) is 0 Å². The average molecular weight is 207 g/mol. The predicted molar refractivity (Wildman–Crippen MR) is 61.6 cm³/mol. The minimum Gasteiger partial charge on any atom is -0.345 e. The van der Waals surface area contributed by atoms with Crippen LogP contribution in [0.3, 0.4) is 0 Å². The fourth-order valence-corrected chi connectivity index (χ4v) is 1.56. The highest BCUT2D eigenvalue weighted by Crippen LogP contribution is 2.31. The molecule has 0 spiro atoms. The van der Waals surface area contributed by atoms with Crippen LogP contribution in [-0.4, -0.2) is 15.5 Å². The van der Waals surface area contributed by atoms with Crippen LogP contribution in [0, 0.1) is 5.92 Å². The first-order valence-corrected chi connectivity index (χ1v) is 5.81. The van der Waals surface area contributed by atoms with E-state index in [1.165, 1.54) is 18.5 Å². The molecule has 0 bridgehead atoms. The van der Waals surface area contributed by atoms with Gasteiger partial charge in [0, 0.05) is 30.4 Å². The van der Waals surface area contributed by atoms with Crippen molar-refractivity contribution in [1.29, 1.82) is 0 Å². The smallest absolute Gasteiger partial charge is 0.106 e. The third-order valence-electron chi connectivity index (χ3n) is 2.67. The average Bonchev–Trinajstić information content (AvgIpc) is 2.79. The van der Waals surface area contributed by atoms with Crippen molar-refractivity contribution in [3.63, 3.8) is 0 Å². The quantitative estimate of drug-likeness (QED) is 0.795. The second kappa shape index (κ2) is 3.97. The van der Waals surface area contributed by atoms with Crippen LogP contribution in [0.25, 0.3) is 0 Å². The van der Waals surface area contributed by atoms with E-state index in [-0.39, 0.29) is 5.54 Å². The van der Waals surface area contributed by atoms with Gasteiger partial charge in [0.25, 0.3) is 0 Å². The van der Waals surface area contributed by atoms with Gasteiger partial charge in [-0.2, -0.15) is 0 Å². The van der Waals surface area contributed by atoms with Gasteiger partial charge in [-0.05, 0) is 39.5 Å². The Balaban J connectivity index is 1.83. The molecule has 3 nitrogen and oxygen atoms in total. The lowest BCUT2D eigenvalue weighted by molar-refractivity contribution is 0.421. The zero-order chi connectivity index (χ0) is 10.9. The number of aromatic nitrogens is 2. The first-order chi connectivity index (χ1) is 7.03. The van der Waals surface area contributed by atoms with Crippen molar-refractivity contribution in [3.05, 3.63) is 17.7 Å². The van der Waals surface area contributed by atoms with Gasteiger partial charge in [0.1, 0.15) is 5.82 Å². The highest BCUT2D eigenvalue weighted by molar-refractivity contribution is 5.03. The summed E-state index contributed by atoms with van der Waals surface area (Å²) >= 11 is 0. The molecular weight excluding hydrogens is 186 g/mol. The number of imidazole rings is 1. The maximum atomic E-state index is 4.40. The Kier molecular flexibility index (Phi) is 2.83. The van der Waals surface area contributed by atoms with Crippen LogP contribution in [0.5, 0.6) is 0 Å². The van der Waals surface area contributed by atoms with Crippen LogP contribution in [0.1, 0.15) is 45.1 Å². The summed E-state index contributed by atoms with van der Waals surface area (Å²) in [6.07, 6.45) is 5.86. The minimum atomic E-state index is 0.168. The largest absolute Gasteiger partial charge is 0.345 e. The molecule has 0 aliphatic heterocycles. The summed E-state index contributed by atoms with van der Waals surface area (Å²) in [7, 11) is 0. The van der Waals surface area contributed by atoms with E-state index >= 15 is 0 Å². The van der Waals surface area contributed by atoms with Crippen molar-refractivity contribution in [2.45, 2.75) is 52.1 Å². The van der Waals surface area contributed by atoms with Gasteiger partial charge < -0.3 is 10.3 Å². The molecule has 1 heterocycles. The lowest BCUT2D eigenvalue weighted by Gasteiger charge is -2.19. The molecule has 0 saturated heterocycles. The molecule has 1 aromatic rings. The Morgan fingerprint density at radius 1 is 1.47 bits per heavy atom. The van der Waals surface area contributed by atoms with Gasteiger partial charge in [-0.25, -0.2) is 4.98 Å². The highest BCUT2D eigenvalue weighted by atomic mass is 15.0. The number of aromatic amines is 1. The van der Waals surface area contributed by atoms with Gasteiger partial charge in [-0.15, -0.1) is 0 Å². The molecule has 0 radical (unpaired) electrons. The van der Waals surface area contributed by atoms with E-state index in [0.29, 0.717) is 0 Å². The molecule has 1 saturated carbocycles. The summed E-state index contributed by atoms with van der Waals surface area (Å²) in [5.74, 6) is 2.06. The molecule has 2 N–H and O–H groups in total. The molecule has 84 valence electrons. The van der Waals surface area contributed by atoms with Crippen molar-refractivity contribution < 1.29 is 0 Å². The fourth-order valence-electron chi connectivity index (χ4n) is 1.56. The first-order valence-electron chi connectivity index (χ1n) is 5.81. The Bertz CT molecular complexity index is 318. The highest BCUT2D eigenvalue weighted by Gasteiger charge is 2.22. The summed E-state index contributed by atoms with van der Waals surface area (Å²) in [6.45, 7) is 7.40. The SMILES string of the molecule is CC(C)(C)NCc1cnc(CC2CC2)[nH]1. The van der Waals surface area contributed by atoms with Crippen LogP contribution < -0.4 is 5.32 Å². The van der Waals surface area contributed by atoms with Crippen LogP contribution in [0.15, 0.2) is 6.20 Å². The molecule has 0 amide bonds. The van der Waals surface area contributed by atoms with Crippen molar-refractivity contribution >= 4 is 0 Å². The minimum absolute atomic E-state index is 0.168. The van der Waals surface area contributed by atoms with E-state index in [1.807, 2.05) is 6.20 Å². The summed E-state index contributed by atoms with van der Waals surface area (Å²) in [6, 6.07) is 0. The third kappa shape index (κ3) is 3.67. The molecule has 1 aliphatic carbocycles. The molecule has 15 heavy (non-hydrogen) atoms. The van der Waals surface area contributed by atoms with Crippen molar-refractivity contribution in [3.8, 4) is 0 Å². The van der Waals surface area contributed by atoms with Crippen LogP contribution in [-0.2, 0) is 13.0 Å². The molecule has 3 heteroatoms. The van der Waals surface area contributed by atoms with Crippen molar-refractivity contribution in [2.24, 2.45) is 5.92 Å². The number of rotatable bonds is 4. The topological polar surface area (TPSA) is 40.7 Å². The van der Waals surface area contributed by atoms with Crippen LogP contribution in [0.4, 0.5) is 0 Å². The molecule has 2 rings (SSSR count). The number of hydrogen-bond acceptors (Lipinski definition) is 2. The summed E-state index contributed by atoms with van der Waals surface area (Å²) in [5.41, 5.74) is 1.36. The zero-order valence-electron chi connectivity index (χ0n) is 9.93. The lowest BCUT2D eigenvalue weighted by atomic mass is 10.1. The lowest BCUT2D eigenvalue weighted by Crippen LogP contribution is -2.35. The number of H-pyrrole nitrogens is 1. The molecule has 0 unspecified atom stereocenters. The second-order valence-electron chi connectivity index (χ2n) is 5.61. The molecular formula is C12H21N3. The third-order valence-corrected chi connectivity index (χ3v) is 2.67. The van der Waals surface area contributed by atoms with Gasteiger partial charge in [0.05, 0.1) is 0 Å². The standard InChI is InChI=1S/C12H21N3/c1-12(2,3)14-8-10-7-13-11(15-10)6-9-4-5-9/h7,9,14H,4-6,8H2,1-3H3,(H,13,15). The zero-order valence-corrected chi connectivity index (χ0v) is 9.93. The predicted octanol–water partition coefficient (Wildman–Crippen LogP) is 2.25. The maximum Gasteiger partial charge on any atom is 0.106 e. The van der Waals surface area contributed by atoms with Crippen molar-refractivity contribution in [1.82, 2.24) is 15.3 Å². The van der Waals surface area contributed by atoms with Gasteiger partial charge in [0.15, 0.2) is 0 Å². The number of nitrogens with one attached hydrogen (secondary N) is 2. The normalized spacial score (nSPS) is 17.0. The summed E-state index contributed by atoms with van der Waals surface area (Å²) in [4.78, 5) is 7.78. The summed E-state index contributed by atoms with van der Waals surface area (Å²) < 4.78 is 0. The number of nitrogens with zero attached hydrogens (tertiary/aromatic N) is 1. The Labute approximate surface area is 91.7 Å². The summed E-state index contributed by atoms with van der Waals surface area (Å²) in [5, 5.41) is 3.45. The first kappa shape index (κ1) is 10.7. The van der Waals surface area contributed by atoms with E-state index in [0.717, 1.165) is 24.7 Å². The van der Waals surface area contributed by atoms with Crippen molar-refractivity contribution in [2.75, 3.05) is 0 Å². The fraction of sp³-hybridized carbons (Fsp3) is 0.750. The van der Waals surface area contributed by atoms with Crippen LogP contribution in [0.2, 0.25) is 0 Å². The monoisotopic (exact) mass is 207 g/mol. The molecule has 1 aliphatic rings. The maximum absolute atomic E-state index is 4.40. The van der Waals surface area contributed by atoms with E-state index in [2.05, 4.69) is 36.1 Å². The van der Waals surface area contributed by atoms with Gasteiger partial charge in [-0.1, -0.05) is 0 Å². The van der Waals surface area contributed by atoms with Gasteiger partial charge in [-0.3, -0.25) is 0 Å². The van der Waals surface area contributed by atoms with E-state index in [1.54, 1.807) is 0 Å². The molecule has 1 fully saturated rings. The molecule has 1 aromatic heterocycles. The Morgan fingerprint density at radius 3 is 2.80 bits per heavy atom. The second-order valence-corrected chi connectivity index (χ2v) is 5.61. The van der Waals surface area contributed by atoms with E-state index < -0.39 is 0 Å². The number of hydrogen-bond donors (Lipinski definition) is 2. The Morgan fingerprint density at radius 2 is 2.20 bits per heavy atom. The molecule has 0 atom stereocenters. The van der Waals surface area contributed by atoms with E-state index in [4.69, 9.17) is 0 Å². The van der Waals surface area contributed by atoms with Gasteiger partial charge >= 0.3 is 0 Å². The Hall–Kier alpha value is -0.830. The van der Waals surface area contributed by atoms with Gasteiger partial charge in [0.2, 0.25) is 0 Å².